The lowest BCUT2D eigenvalue weighted by molar-refractivity contribution is -0.145. The first-order valence-electron chi connectivity index (χ1n) is 5.31. The summed E-state index contributed by atoms with van der Waals surface area (Å²) >= 11 is 0. The van der Waals surface area contributed by atoms with E-state index < -0.39 is 41.1 Å². The van der Waals surface area contributed by atoms with Crippen LogP contribution in [0.3, 0.4) is 0 Å². The summed E-state index contributed by atoms with van der Waals surface area (Å²) < 4.78 is 76.2. The fraction of sp³-hybridized carbons (Fsp3) is 0.200. The Balaban J connectivity index is 2.61. The van der Waals surface area contributed by atoms with E-state index in [-0.39, 0.29) is 6.07 Å². The minimum Gasteiger partial charge on any atom is -0.476 e. The van der Waals surface area contributed by atoms with Gasteiger partial charge in [0, 0.05) is 0 Å². The molecule has 0 aliphatic carbocycles. The standard InChI is InChI=1S/C10H4F6N4O2/c11-9(12,13)4-1-6(10(14,15)16)17-7(2-4)20-3-5(8(21)22)18-19-20/h1-3H,(H,21,22). The van der Waals surface area contributed by atoms with Crippen molar-refractivity contribution in [2.24, 2.45) is 0 Å². The van der Waals surface area contributed by atoms with E-state index in [1.54, 1.807) is 0 Å². The highest BCUT2D eigenvalue weighted by Gasteiger charge is 2.38. The van der Waals surface area contributed by atoms with Crippen molar-refractivity contribution in [3.05, 3.63) is 35.3 Å². The molecule has 0 atom stereocenters. The van der Waals surface area contributed by atoms with E-state index >= 15 is 0 Å². The predicted octanol–water partition coefficient (Wildman–Crippen LogP) is 2.40. The van der Waals surface area contributed by atoms with Crippen LogP contribution in [0.1, 0.15) is 21.7 Å². The van der Waals surface area contributed by atoms with Gasteiger partial charge in [-0.05, 0) is 12.1 Å². The Kier molecular flexibility index (Phi) is 3.55. The van der Waals surface area contributed by atoms with Crippen molar-refractivity contribution in [3.8, 4) is 5.82 Å². The summed E-state index contributed by atoms with van der Waals surface area (Å²) in [6.07, 6.45) is -9.52. The fourth-order valence-electron chi connectivity index (χ4n) is 1.42. The molecule has 12 heteroatoms. The maximum Gasteiger partial charge on any atom is 0.433 e. The van der Waals surface area contributed by atoms with Gasteiger partial charge in [-0.3, -0.25) is 0 Å². The second kappa shape index (κ2) is 4.96. The number of halogens is 6. The van der Waals surface area contributed by atoms with Crippen molar-refractivity contribution in [2.75, 3.05) is 0 Å². The minimum absolute atomic E-state index is 0.154. The number of alkyl halides is 6. The number of hydrogen-bond donors (Lipinski definition) is 1. The summed E-state index contributed by atoms with van der Waals surface area (Å²) in [5.74, 6) is -2.41. The topological polar surface area (TPSA) is 80.9 Å². The van der Waals surface area contributed by atoms with Crippen molar-refractivity contribution in [2.45, 2.75) is 12.4 Å². The van der Waals surface area contributed by atoms with Gasteiger partial charge in [0.15, 0.2) is 11.5 Å². The summed E-state index contributed by atoms with van der Waals surface area (Å²) in [4.78, 5) is 13.6. The molecule has 1 N–H and O–H groups in total. The van der Waals surface area contributed by atoms with Crippen LogP contribution in [0.15, 0.2) is 18.3 Å². The number of carboxylic acids is 1. The quantitative estimate of drug-likeness (QED) is 0.857. The van der Waals surface area contributed by atoms with Crippen molar-refractivity contribution in [3.63, 3.8) is 0 Å². The van der Waals surface area contributed by atoms with Crippen molar-refractivity contribution in [1.29, 1.82) is 0 Å². The summed E-state index contributed by atoms with van der Waals surface area (Å²) in [5.41, 5.74) is -4.05. The van der Waals surface area contributed by atoms with Gasteiger partial charge in [0.25, 0.3) is 0 Å². The minimum atomic E-state index is -5.12. The highest BCUT2D eigenvalue weighted by atomic mass is 19.4. The second-order valence-corrected chi connectivity index (χ2v) is 3.95. The molecule has 0 aliphatic heterocycles. The Bertz CT molecular complexity index is 689. The molecule has 6 nitrogen and oxygen atoms in total. The average molecular weight is 326 g/mol. The highest BCUT2D eigenvalue weighted by molar-refractivity contribution is 5.84. The van der Waals surface area contributed by atoms with Crippen LogP contribution in [0.25, 0.3) is 5.82 Å². The van der Waals surface area contributed by atoms with E-state index in [1.807, 2.05) is 0 Å². The molecule has 2 aromatic heterocycles. The summed E-state index contributed by atoms with van der Waals surface area (Å²) in [6, 6.07) is 0.147. The third kappa shape index (κ3) is 3.15. The van der Waals surface area contributed by atoms with Crippen LogP contribution in [-0.2, 0) is 12.4 Å². The molecule has 0 aliphatic rings. The number of aromatic carboxylic acids is 1. The van der Waals surface area contributed by atoms with Gasteiger partial charge >= 0.3 is 18.3 Å². The molecule has 0 bridgehead atoms. The molecular weight excluding hydrogens is 322 g/mol. The Labute approximate surface area is 117 Å². The van der Waals surface area contributed by atoms with Crippen molar-refractivity contribution >= 4 is 5.97 Å². The van der Waals surface area contributed by atoms with Crippen LogP contribution >= 0.6 is 0 Å². The first-order chi connectivity index (χ1) is 9.98. The number of aromatic nitrogens is 4. The Hall–Kier alpha value is -2.66. The average Bonchev–Trinajstić information content (AvgIpc) is 2.85. The molecule has 0 unspecified atom stereocenters. The summed E-state index contributed by atoms with van der Waals surface area (Å²) in [7, 11) is 0. The molecular formula is C10H4F6N4O2. The second-order valence-electron chi connectivity index (χ2n) is 3.95. The number of hydrogen-bond acceptors (Lipinski definition) is 4. The lowest BCUT2D eigenvalue weighted by Crippen LogP contribution is -2.15. The van der Waals surface area contributed by atoms with E-state index in [9.17, 15) is 31.1 Å². The number of carbonyl (C=O) groups is 1. The zero-order valence-corrected chi connectivity index (χ0v) is 10.1. The van der Waals surface area contributed by atoms with Gasteiger partial charge in [0.1, 0.15) is 5.69 Å². The Morgan fingerprint density at radius 3 is 2.18 bits per heavy atom. The number of pyridine rings is 1. The summed E-state index contributed by atoms with van der Waals surface area (Å²) in [5, 5.41) is 14.8. The molecule has 0 amide bonds. The van der Waals surface area contributed by atoms with Crippen LogP contribution < -0.4 is 0 Å². The van der Waals surface area contributed by atoms with Gasteiger partial charge in [-0.25, -0.2) is 14.5 Å². The van der Waals surface area contributed by atoms with Crippen LogP contribution in [0.4, 0.5) is 26.3 Å². The highest BCUT2D eigenvalue weighted by Crippen LogP contribution is 2.35. The monoisotopic (exact) mass is 326 g/mol. The maximum atomic E-state index is 12.7. The van der Waals surface area contributed by atoms with Crippen molar-refractivity contribution in [1.82, 2.24) is 20.0 Å². The van der Waals surface area contributed by atoms with Gasteiger partial charge < -0.3 is 5.11 Å². The largest absolute Gasteiger partial charge is 0.476 e. The third-order valence-corrected chi connectivity index (χ3v) is 2.38. The SMILES string of the molecule is O=C(O)c1cn(-c2cc(C(F)(F)F)cc(C(F)(F)F)n2)nn1. The maximum absolute atomic E-state index is 12.7. The first-order valence-corrected chi connectivity index (χ1v) is 5.31. The Morgan fingerprint density at radius 2 is 1.73 bits per heavy atom. The molecule has 118 valence electrons. The molecule has 0 spiro atoms. The number of rotatable bonds is 2. The molecule has 2 heterocycles. The van der Waals surface area contributed by atoms with Crippen LogP contribution in [0, 0.1) is 0 Å². The number of carboxylic acid groups (broad SMARTS) is 1. The van der Waals surface area contributed by atoms with E-state index in [4.69, 9.17) is 5.11 Å². The summed E-state index contributed by atoms with van der Waals surface area (Å²) in [6.45, 7) is 0. The molecule has 2 aromatic rings. The van der Waals surface area contributed by atoms with Crippen LogP contribution in [0.5, 0.6) is 0 Å². The Morgan fingerprint density at radius 1 is 1.09 bits per heavy atom. The van der Waals surface area contributed by atoms with E-state index in [2.05, 4.69) is 15.3 Å². The zero-order chi connectivity index (χ0) is 16.7. The third-order valence-electron chi connectivity index (χ3n) is 2.38. The van der Waals surface area contributed by atoms with E-state index in [0.717, 1.165) is 0 Å². The van der Waals surface area contributed by atoms with Gasteiger partial charge in [-0.2, -0.15) is 26.3 Å². The lowest BCUT2D eigenvalue weighted by atomic mass is 10.2. The molecule has 0 saturated carbocycles. The van der Waals surface area contributed by atoms with Crippen LogP contribution in [-0.4, -0.2) is 31.1 Å². The van der Waals surface area contributed by atoms with Crippen molar-refractivity contribution < 1.29 is 36.2 Å². The molecule has 0 saturated heterocycles. The molecule has 0 radical (unpaired) electrons. The van der Waals surface area contributed by atoms with E-state index in [0.29, 0.717) is 16.9 Å². The number of nitrogens with zero attached hydrogens (tertiary/aromatic N) is 4. The zero-order valence-electron chi connectivity index (χ0n) is 10.1. The molecule has 0 fully saturated rings. The van der Waals surface area contributed by atoms with Crippen LogP contribution in [0.2, 0.25) is 0 Å². The lowest BCUT2D eigenvalue weighted by Gasteiger charge is -2.12. The predicted molar refractivity (Wildman–Crippen MR) is 56.1 cm³/mol. The van der Waals surface area contributed by atoms with Gasteiger partial charge in [-0.1, -0.05) is 5.21 Å². The normalized spacial score (nSPS) is 12.5. The molecule has 2 rings (SSSR count). The first kappa shape index (κ1) is 15.7. The van der Waals surface area contributed by atoms with E-state index in [1.165, 1.54) is 0 Å². The molecule has 22 heavy (non-hydrogen) atoms. The fourth-order valence-corrected chi connectivity index (χ4v) is 1.42. The van der Waals surface area contributed by atoms with Gasteiger partial charge in [0.2, 0.25) is 0 Å². The van der Waals surface area contributed by atoms with Gasteiger partial charge in [-0.15, -0.1) is 5.10 Å². The smallest absolute Gasteiger partial charge is 0.433 e. The van der Waals surface area contributed by atoms with Gasteiger partial charge in [0.05, 0.1) is 11.8 Å². The molecule has 0 aromatic carbocycles.